The van der Waals surface area contributed by atoms with Crippen LogP contribution in [0.15, 0.2) is 71.2 Å². The van der Waals surface area contributed by atoms with E-state index in [0.29, 0.717) is 31.0 Å². The van der Waals surface area contributed by atoms with Crippen molar-refractivity contribution < 1.29 is 8.42 Å². The van der Waals surface area contributed by atoms with Crippen molar-refractivity contribution in [2.45, 2.75) is 32.7 Å². The molecule has 2 aromatic rings. The number of allylic oxidation sites excluding steroid dienone is 8. The lowest BCUT2D eigenvalue weighted by Gasteiger charge is -2.40. The summed E-state index contributed by atoms with van der Waals surface area (Å²) in [5, 5.41) is 0.864. The minimum absolute atomic E-state index is 0.0808. The van der Waals surface area contributed by atoms with Crippen LogP contribution >= 0.6 is 11.5 Å². The summed E-state index contributed by atoms with van der Waals surface area (Å²) in [6.07, 6.45) is 13.1. The van der Waals surface area contributed by atoms with Crippen LogP contribution in [0.4, 0.5) is 5.13 Å². The van der Waals surface area contributed by atoms with Crippen LogP contribution in [0.25, 0.3) is 0 Å². The summed E-state index contributed by atoms with van der Waals surface area (Å²) in [6, 6.07) is 8.28. The third kappa shape index (κ3) is 4.47. The topological polar surface area (TPSA) is 66.4 Å². The van der Waals surface area contributed by atoms with E-state index < -0.39 is 10.0 Å². The third-order valence-corrected chi connectivity index (χ3v) is 9.47. The van der Waals surface area contributed by atoms with Gasteiger partial charge in [0.15, 0.2) is 0 Å². The van der Waals surface area contributed by atoms with Gasteiger partial charge < -0.3 is 4.90 Å². The minimum atomic E-state index is -3.54. The van der Waals surface area contributed by atoms with Gasteiger partial charge in [-0.05, 0) is 37.5 Å². The van der Waals surface area contributed by atoms with E-state index in [0.717, 1.165) is 22.9 Å². The van der Waals surface area contributed by atoms with E-state index in [2.05, 4.69) is 40.5 Å². The average molecular weight is 481 g/mol. The number of nitrogens with zero attached hydrogens (tertiary/aromatic N) is 4. The predicted molar refractivity (Wildman–Crippen MR) is 134 cm³/mol. The summed E-state index contributed by atoms with van der Waals surface area (Å²) in [4.78, 5) is 7.42. The van der Waals surface area contributed by atoms with Gasteiger partial charge in [-0.25, -0.2) is 13.4 Å². The van der Waals surface area contributed by atoms with Gasteiger partial charge in [0.1, 0.15) is 5.82 Å². The zero-order valence-electron chi connectivity index (χ0n) is 18.9. The molecule has 1 fully saturated rings. The Balaban J connectivity index is 1.27. The molecule has 1 aromatic carbocycles. The predicted octanol–water partition coefficient (Wildman–Crippen LogP) is 4.23. The van der Waals surface area contributed by atoms with E-state index in [1.807, 2.05) is 37.3 Å². The number of anilines is 1. The van der Waals surface area contributed by atoms with Gasteiger partial charge in [0.05, 0.1) is 4.91 Å². The molecule has 2 aliphatic carbocycles. The Bertz CT molecular complexity index is 1260. The third-order valence-electron chi connectivity index (χ3n) is 6.48. The molecule has 0 amide bonds. The molecule has 2 atom stereocenters. The molecule has 172 valence electrons. The van der Waals surface area contributed by atoms with Gasteiger partial charge in [0, 0.05) is 49.5 Å². The largest absolute Gasteiger partial charge is 0.344 e. The van der Waals surface area contributed by atoms with Crippen LogP contribution in [0.3, 0.4) is 0 Å². The highest BCUT2D eigenvalue weighted by Gasteiger charge is 2.39. The monoisotopic (exact) mass is 480 g/mol. The van der Waals surface area contributed by atoms with Crippen molar-refractivity contribution in [3.8, 4) is 0 Å². The van der Waals surface area contributed by atoms with Crippen LogP contribution in [0.1, 0.15) is 30.3 Å². The number of fused-ring (bicyclic) bond motifs is 1. The lowest BCUT2D eigenvalue weighted by molar-refractivity contribution is 0.308. The molecule has 1 aromatic heterocycles. The summed E-state index contributed by atoms with van der Waals surface area (Å²) in [5.41, 5.74) is 3.49. The molecular weight excluding hydrogens is 452 g/mol. The van der Waals surface area contributed by atoms with Crippen molar-refractivity contribution in [3.05, 3.63) is 88.2 Å². The van der Waals surface area contributed by atoms with Gasteiger partial charge in [-0.3, -0.25) is 0 Å². The molecule has 5 rings (SSSR count). The average Bonchev–Trinajstić information content (AvgIpc) is 3.28. The molecule has 2 heterocycles. The number of aromatic nitrogens is 2. The molecular formula is C25H28N4O2S2. The van der Waals surface area contributed by atoms with Gasteiger partial charge in [0.25, 0.3) is 0 Å². The maximum atomic E-state index is 13.6. The Hall–Kier alpha value is -2.55. The van der Waals surface area contributed by atoms with Crippen LogP contribution in [0, 0.1) is 12.8 Å². The van der Waals surface area contributed by atoms with E-state index in [1.54, 1.807) is 10.4 Å². The summed E-state index contributed by atoms with van der Waals surface area (Å²) in [5.74, 6) is 0.730. The van der Waals surface area contributed by atoms with Crippen LogP contribution in [0.5, 0.6) is 0 Å². The molecule has 1 saturated heterocycles. The molecule has 0 saturated carbocycles. The Labute approximate surface area is 199 Å². The maximum absolute atomic E-state index is 13.6. The standard InChI is InChI=1S/C25H28N4O2S2/c1-18-10-12-20(13-11-18)16-24-26-25(32-27-24)28-14-15-29(19(2)17-28)33(30,31)23-9-5-7-21-6-3-4-8-22(21)23/h3-7,9-13,19,22H,8,14-17H2,1-2H3. The van der Waals surface area contributed by atoms with Crippen LogP contribution < -0.4 is 4.90 Å². The lowest BCUT2D eigenvalue weighted by Crippen LogP contribution is -2.54. The molecule has 2 unspecified atom stereocenters. The maximum Gasteiger partial charge on any atom is 0.240 e. The second-order valence-corrected chi connectivity index (χ2v) is 11.5. The van der Waals surface area contributed by atoms with Crippen molar-refractivity contribution in [2.24, 2.45) is 5.92 Å². The fourth-order valence-corrected chi connectivity index (χ4v) is 7.37. The number of sulfonamides is 1. The second-order valence-electron chi connectivity index (χ2n) is 8.88. The summed E-state index contributed by atoms with van der Waals surface area (Å²) >= 11 is 1.39. The number of hydrogen-bond acceptors (Lipinski definition) is 6. The van der Waals surface area contributed by atoms with Gasteiger partial charge in [-0.1, -0.05) is 60.2 Å². The fourth-order valence-electron chi connectivity index (χ4n) is 4.67. The van der Waals surface area contributed by atoms with Crippen molar-refractivity contribution in [3.63, 3.8) is 0 Å². The quantitative estimate of drug-likeness (QED) is 0.641. The van der Waals surface area contributed by atoms with Crippen LogP contribution in [-0.4, -0.2) is 47.8 Å². The van der Waals surface area contributed by atoms with E-state index in [1.165, 1.54) is 22.7 Å². The number of piperazine rings is 1. The number of benzene rings is 1. The van der Waals surface area contributed by atoms with Crippen LogP contribution in [0.2, 0.25) is 0 Å². The zero-order valence-corrected chi connectivity index (χ0v) is 20.5. The number of rotatable bonds is 5. The van der Waals surface area contributed by atoms with Crippen molar-refractivity contribution >= 4 is 26.7 Å². The van der Waals surface area contributed by atoms with Gasteiger partial charge >= 0.3 is 0 Å². The first-order valence-corrected chi connectivity index (χ1v) is 13.5. The lowest BCUT2D eigenvalue weighted by atomic mass is 9.88. The van der Waals surface area contributed by atoms with E-state index in [4.69, 9.17) is 4.98 Å². The molecule has 0 radical (unpaired) electrons. The molecule has 1 aliphatic heterocycles. The van der Waals surface area contributed by atoms with Crippen molar-refractivity contribution in [1.82, 2.24) is 13.7 Å². The molecule has 33 heavy (non-hydrogen) atoms. The summed E-state index contributed by atoms with van der Waals surface area (Å²) in [6.45, 7) is 5.72. The fraction of sp³-hybridized carbons (Fsp3) is 0.360. The highest BCUT2D eigenvalue weighted by atomic mass is 32.2. The van der Waals surface area contributed by atoms with E-state index in [9.17, 15) is 8.42 Å². The van der Waals surface area contributed by atoms with Crippen LogP contribution in [-0.2, 0) is 16.4 Å². The normalized spacial score (nSPS) is 23.3. The number of aryl methyl sites for hydroxylation is 1. The van der Waals surface area contributed by atoms with Gasteiger partial charge in [-0.2, -0.15) is 8.68 Å². The van der Waals surface area contributed by atoms with Crippen molar-refractivity contribution in [1.29, 1.82) is 0 Å². The SMILES string of the molecule is Cc1ccc(Cc2nsc(N3CCN(S(=O)(=O)C4=CC=CC5=CC=CCC54)C(C)C3)n2)cc1. The van der Waals surface area contributed by atoms with E-state index in [-0.39, 0.29) is 12.0 Å². The first kappa shape index (κ1) is 22.3. The van der Waals surface area contributed by atoms with E-state index >= 15 is 0 Å². The highest BCUT2D eigenvalue weighted by molar-refractivity contribution is 7.93. The summed E-state index contributed by atoms with van der Waals surface area (Å²) in [7, 11) is -3.54. The molecule has 0 bridgehead atoms. The minimum Gasteiger partial charge on any atom is -0.344 e. The molecule has 0 N–H and O–H groups in total. The van der Waals surface area contributed by atoms with Gasteiger partial charge in [-0.15, -0.1) is 0 Å². The molecule has 0 spiro atoms. The zero-order chi connectivity index (χ0) is 23.0. The van der Waals surface area contributed by atoms with Crippen molar-refractivity contribution in [2.75, 3.05) is 24.5 Å². The second kappa shape index (κ2) is 9.00. The Morgan fingerprint density at radius 3 is 2.73 bits per heavy atom. The Kier molecular flexibility index (Phi) is 6.07. The molecule has 3 aliphatic rings. The summed E-state index contributed by atoms with van der Waals surface area (Å²) < 4.78 is 33.4. The smallest absolute Gasteiger partial charge is 0.240 e. The Morgan fingerprint density at radius 1 is 1.12 bits per heavy atom. The number of hydrogen-bond donors (Lipinski definition) is 0. The highest BCUT2D eigenvalue weighted by Crippen LogP contribution is 2.37. The molecule has 6 nitrogen and oxygen atoms in total. The first-order chi connectivity index (χ1) is 15.9. The Morgan fingerprint density at radius 2 is 1.94 bits per heavy atom. The molecule has 8 heteroatoms. The van der Waals surface area contributed by atoms with Gasteiger partial charge in [0.2, 0.25) is 15.2 Å². The first-order valence-electron chi connectivity index (χ1n) is 11.3.